The van der Waals surface area contributed by atoms with Crippen LogP contribution in [0.1, 0.15) is 51.3 Å². The summed E-state index contributed by atoms with van der Waals surface area (Å²) in [5, 5.41) is 10.1. The Morgan fingerprint density at radius 2 is 2.06 bits per heavy atom. The van der Waals surface area contributed by atoms with Crippen LogP contribution in [-0.4, -0.2) is 58.4 Å². The molecule has 9 heteroatoms. The van der Waals surface area contributed by atoms with Crippen LogP contribution in [0.15, 0.2) is 30.6 Å². The third kappa shape index (κ3) is 4.41. The number of hydrogen-bond acceptors (Lipinski definition) is 7. The number of likely N-dealkylation sites (tertiary alicyclic amines) is 1. The number of anilines is 1. The average Bonchev–Trinajstić information content (AvgIpc) is 2.96. The standard InChI is InChI=1S/C23H32N4O4S/c1-16(2)31-21-11-19(5-6-20(21)28)15-26-9-7-23(12-18(26)4)8-10-32(29,30)27(23)22-14-24-13-17(3)25-22/h5-6,11,13-14,16,18,28H,7-10,12,15H2,1-4H3/t18-,23-/m0/s1. The summed E-state index contributed by atoms with van der Waals surface area (Å²) in [6, 6.07) is 5.65. The molecule has 4 rings (SSSR count). The lowest BCUT2D eigenvalue weighted by atomic mass is 9.81. The summed E-state index contributed by atoms with van der Waals surface area (Å²) in [5.41, 5.74) is 1.30. The first-order valence-corrected chi connectivity index (χ1v) is 12.7. The van der Waals surface area contributed by atoms with Gasteiger partial charge in [0.1, 0.15) is 0 Å². The van der Waals surface area contributed by atoms with E-state index in [-0.39, 0.29) is 23.6 Å². The molecule has 1 spiro atoms. The van der Waals surface area contributed by atoms with E-state index >= 15 is 0 Å². The highest BCUT2D eigenvalue weighted by atomic mass is 32.2. The lowest BCUT2D eigenvalue weighted by Gasteiger charge is -2.47. The van der Waals surface area contributed by atoms with Crippen LogP contribution in [0.2, 0.25) is 0 Å². The molecule has 3 heterocycles. The normalized spacial score (nSPS) is 25.5. The molecule has 1 aromatic heterocycles. The van der Waals surface area contributed by atoms with Crippen molar-refractivity contribution in [2.45, 2.75) is 71.2 Å². The first-order chi connectivity index (χ1) is 15.1. The van der Waals surface area contributed by atoms with Crippen molar-refractivity contribution in [1.82, 2.24) is 14.9 Å². The number of sulfonamides is 1. The third-order valence-electron chi connectivity index (χ3n) is 6.42. The van der Waals surface area contributed by atoms with Gasteiger partial charge in [-0.15, -0.1) is 0 Å². The van der Waals surface area contributed by atoms with Crippen LogP contribution < -0.4 is 9.04 Å². The maximum absolute atomic E-state index is 13.0. The van der Waals surface area contributed by atoms with E-state index in [0.717, 1.165) is 24.9 Å². The second-order valence-corrected chi connectivity index (χ2v) is 11.3. The highest BCUT2D eigenvalue weighted by Gasteiger charge is 2.53. The SMILES string of the molecule is Cc1cncc(N2[C@@]3(CCN(Cc4ccc(O)c(OC(C)C)c4)[C@@H](C)C3)CCS2(=O)=O)n1. The zero-order valence-corrected chi connectivity index (χ0v) is 20.0. The molecule has 0 radical (unpaired) electrons. The van der Waals surface area contributed by atoms with Crippen molar-refractivity contribution in [1.29, 1.82) is 0 Å². The van der Waals surface area contributed by atoms with E-state index in [1.807, 2.05) is 32.9 Å². The van der Waals surface area contributed by atoms with Gasteiger partial charge in [0.05, 0.1) is 29.3 Å². The lowest BCUT2D eigenvalue weighted by molar-refractivity contribution is 0.102. The summed E-state index contributed by atoms with van der Waals surface area (Å²) in [6.07, 6.45) is 5.24. The van der Waals surface area contributed by atoms with Crippen LogP contribution in [0, 0.1) is 6.92 Å². The first kappa shape index (κ1) is 22.8. The average molecular weight is 461 g/mol. The fourth-order valence-electron chi connectivity index (χ4n) is 4.98. The number of phenols is 1. The van der Waals surface area contributed by atoms with E-state index < -0.39 is 15.6 Å². The van der Waals surface area contributed by atoms with Gasteiger partial charge in [-0.3, -0.25) is 9.88 Å². The summed E-state index contributed by atoms with van der Waals surface area (Å²) in [4.78, 5) is 11.0. The van der Waals surface area contributed by atoms with E-state index in [2.05, 4.69) is 21.8 Å². The number of nitrogens with zero attached hydrogens (tertiary/aromatic N) is 4. The fraction of sp³-hybridized carbons (Fsp3) is 0.565. The molecule has 2 aromatic rings. The van der Waals surface area contributed by atoms with Crippen molar-refractivity contribution in [2.75, 3.05) is 16.6 Å². The molecule has 0 amide bonds. The predicted molar refractivity (Wildman–Crippen MR) is 123 cm³/mol. The molecule has 0 aliphatic carbocycles. The summed E-state index contributed by atoms with van der Waals surface area (Å²) >= 11 is 0. The van der Waals surface area contributed by atoms with Gasteiger partial charge < -0.3 is 9.84 Å². The van der Waals surface area contributed by atoms with Crippen molar-refractivity contribution in [3.05, 3.63) is 41.9 Å². The van der Waals surface area contributed by atoms with Gasteiger partial charge in [0, 0.05) is 25.3 Å². The number of rotatable bonds is 5. The monoisotopic (exact) mass is 460 g/mol. The van der Waals surface area contributed by atoms with Crippen molar-refractivity contribution in [2.24, 2.45) is 0 Å². The zero-order chi connectivity index (χ0) is 23.1. The molecule has 2 aliphatic heterocycles. The molecule has 1 aromatic carbocycles. The molecular formula is C23H32N4O4S. The molecule has 8 nitrogen and oxygen atoms in total. The van der Waals surface area contributed by atoms with Gasteiger partial charge in [-0.2, -0.15) is 0 Å². The minimum Gasteiger partial charge on any atom is -0.504 e. The predicted octanol–water partition coefficient (Wildman–Crippen LogP) is 3.24. The van der Waals surface area contributed by atoms with Crippen LogP contribution in [-0.2, 0) is 16.6 Å². The topological polar surface area (TPSA) is 95.9 Å². The Labute approximate surface area is 190 Å². The number of aromatic hydroxyl groups is 1. The highest BCUT2D eigenvalue weighted by Crippen LogP contribution is 2.44. The maximum Gasteiger partial charge on any atom is 0.236 e. The van der Waals surface area contributed by atoms with Crippen LogP contribution in [0.5, 0.6) is 11.5 Å². The molecule has 174 valence electrons. The van der Waals surface area contributed by atoms with Crippen LogP contribution in [0.25, 0.3) is 0 Å². The van der Waals surface area contributed by atoms with Gasteiger partial charge in [-0.1, -0.05) is 6.07 Å². The number of phenolic OH excluding ortho intramolecular Hbond substituents is 1. The summed E-state index contributed by atoms with van der Waals surface area (Å²) in [5.74, 6) is 1.20. The largest absolute Gasteiger partial charge is 0.504 e. The second-order valence-electron chi connectivity index (χ2n) is 9.32. The minimum absolute atomic E-state index is 0.0232. The fourth-order valence-corrected chi connectivity index (χ4v) is 7.02. The van der Waals surface area contributed by atoms with Gasteiger partial charge in [0.2, 0.25) is 10.0 Å². The number of aryl methyl sites for hydroxylation is 1. The van der Waals surface area contributed by atoms with Crippen molar-refractivity contribution in [3.63, 3.8) is 0 Å². The quantitative estimate of drug-likeness (QED) is 0.732. The smallest absolute Gasteiger partial charge is 0.236 e. The number of benzene rings is 1. The molecule has 1 N–H and O–H groups in total. The molecule has 32 heavy (non-hydrogen) atoms. The number of ether oxygens (including phenoxy) is 1. The van der Waals surface area contributed by atoms with Crippen LogP contribution >= 0.6 is 0 Å². The Morgan fingerprint density at radius 3 is 2.75 bits per heavy atom. The first-order valence-electron chi connectivity index (χ1n) is 11.1. The maximum atomic E-state index is 13.0. The van der Waals surface area contributed by atoms with Gasteiger partial charge >= 0.3 is 0 Å². The molecule has 0 saturated carbocycles. The summed E-state index contributed by atoms with van der Waals surface area (Å²) in [6.45, 7) is 9.32. The van der Waals surface area contributed by atoms with E-state index in [4.69, 9.17) is 4.74 Å². The van der Waals surface area contributed by atoms with E-state index in [1.54, 1.807) is 22.8 Å². The molecule has 0 bridgehead atoms. The van der Waals surface area contributed by atoms with Crippen LogP contribution in [0.4, 0.5) is 5.82 Å². The van der Waals surface area contributed by atoms with Gasteiger partial charge in [-0.05, 0) is 64.7 Å². The molecule has 2 aliphatic rings. The van der Waals surface area contributed by atoms with Crippen LogP contribution in [0.3, 0.4) is 0 Å². The van der Waals surface area contributed by atoms with E-state index in [1.165, 1.54) is 0 Å². The lowest BCUT2D eigenvalue weighted by Crippen LogP contribution is -2.56. The summed E-state index contributed by atoms with van der Waals surface area (Å²) < 4.78 is 33.3. The minimum atomic E-state index is -3.42. The number of hydrogen-bond donors (Lipinski definition) is 1. The molecule has 2 atom stereocenters. The van der Waals surface area contributed by atoms with Crippen molar-refractivity contribution >= 4 is 15.8 Å². The van der Waals surface area contributed by atoms with Gasteiger partial charge in [-0.25, -0.2) is 17.7 Å². The second kappa shape index (κ2) is 8.51. The van der Waals surface area contributed by atoms with E-state index in [0.29, 0.717) is 30.2 Å². The number of aromatic nitrogens is 2. The molecule has 2 saturated heterocycles. The Kier molecular flexibility index (Phi) is 6.06. The Morgan fingerprint density at radius 1 is 1.28 bits per heavy atom. The highest BCUT2D eigenvalue weighted by molar-refractivity contribution is 7.93. The molecule has 0 unspecified atom stereocenters. The van der Waals surface area contributed by atoms with Gasteiger partial charge in [0.25, 0.3) is 0 Å². The molecule has 2 fully saturated rings. The zero-order valence-electron chi connectivity index (χ0n) is 19.2. The molecular weight excluding hydrogens is 428 g/mol. The van der Waals surface area contributed by atoms with E-state index in [9.17, 15) is 13.5 Å². The Bertz CT molecular complexity index is 1090. The van der Waals surface area contributed by atoms with Crippen molar-refractivity contribution in [3.8, 4) is 11.5 Å². The van der Waals surface area contributed by atoms with Crippen molar-refractivity contribution < 1.29 is 18.3 Å². The Hall–Kier alpha value is -2.39. The summed E-state index contributed by atoms with van der Waals surface area (Å²) in [7, 11) is -3.42. The Balaban J connectivity index is 1.54. The number of piperidine rings is 1. The third-order valence-corrected chi connectivity index (χ3v) is 8.27. The van der Waals surface area contributed by atoms with Gasteiger partial charge in [0.15, 0.2) is 17.3 Å².